The number of nitrogens with zero attached hydrogens (tertiary/aromatic N) is 1. The average Bonchev–Trinajstić information content (AvgIpc) is 2.69. The van der Waals surface area contributed by atoms with Gasteiger partial charge in [0.1, 0.15) is 0 Å². The van der Waals surface area contributed by atoms with Crippen molar-refractivity contribution in [1.82, 2.24) is 5.43 Å². The van der Waals surface area contributed by atoms with E-state index in [0.29, 0.717) is 5.92 Å². The van der Waals surface area contributed by atoms with E-state index in [0.717, 1.165) is 12.1 Å². The zero-order chi connectivity index (χ0) is 11.8. The van der Waals surface area contributed by atoms with E-state index < -0.39 is 6.03 Å². The Morgan fingerprint density at radius 1 is 1.50 bits per heavy atom. The molecule has 4 nitrogen and oxygen atoms in total. The number of hydrogen-bond donors (Lipinski definition) is 2. The van der Waals surface area contributed by atoms with Crippen LogP contribution in [0.5, 0.6) is 0 Å². The van der Waals surface area contributed by atoms with Gasteiger partial charge in [-0.2, -0.15) is 5.10 Å². The molecule has 0 aromatic rings. The first kappa shape index (κ1) is 13.0. The quantitative estimate of drug-likeness (QED) is 0.529. The van der Waals surface area contributed by atoms with Crippen LogP contribution in [0.2, 0.25) is 0 Å². The van der Waals surface area contributed by atoms with Crippen molar-refractivity contribution in [2.75, 3.05) is 0 Å². The number of rotatable bonds is 6. The standard InChI is InChI=1S/C12H23N3O/c1-2-3-4-5-7-10-8-6-9-11(10)14-15-12(13)16/h10H,2-9H2,1H3,(H3,13,15,16)/b14-11+/t10-/m0/s1. The number of amides is 2. The molecule has 0 spiro atoms. The summed E-state index contributed by atoms with van der Waals surface area (Å²) in [5.41, 5.74) is 8.48. The van der Waals surface area contributed by atoms with E-state index in [1.165, 1.54) is 44.9 Å². The SMILES string of the molecule is CCCCCC[C@H]1CCC/C1=N\NC(N)=O. The summed E-state index contributed by atoms with van der Waals surface area (Å²) in [7, 11) is 0. The molecule has 1 fully saturated rings. The van der Waals surface area contributed by atoms with E-state index in [4.69, 9.17) is 5.73 Å². The van der Waals surface area contributed by atoms with Gasteiger partial charge in [-0.3, -0.25) is 0 Å². The number of urea groups is 1. The number of primary amides is 1. The lowest BCUT2D eigenvalue weighted by Crippen LogP contribution is -2.26. The van der Waals surface area contributed by atoms with Gasteiger partial charge in [-0.25, -0.2) is 10.2 Å². The Morgan fingerprint density at radius 3 is 3.00 bits per heavy atom. The molecule has 1 saturated carbocycles. The summed E-state index contributed by atoms with van der Waals surface area (Å²) >= 11 is 0. The maximum Gasteiger partial charge on any atom is 0.332 e. The molecule has 0 unspecified atom stereocenters. The maximum atomic E-state index is 10.6. The first-order valence-electron chi connectivity index (χ1n) is 6.36. The van der Waals surface area contributed by atoms with Gasteiger partial charge in [0.25, 0.3) is 0 Å². The van der Waals surface area contributed by atoms with Crippen LogP contribution in [0.15, 0.2) is 5.10 Å². The van der Waals surface area contributed by atoms with E-state index in [-0.39, 0.29) is 0 Å². The molecule has 0 aliphatic heterocycles. The van der Waals surface area contributed by atoms with E-state index in [2.05, 4.69) is 17.5 Å². The van der Waals surface area contributed by atoms with Crippen molar-refractivity contribution >= 4 is 11.7 Å². The third kappa shape index (κ3) is 4.64. The minimum absolute atomic E-state index is 0.566. The van der Waals surface area contributed by atoms with Crippen molar-refractivity contribution in [2.24, 2.45) is 16.8 Å². The largest absolute Gasteiger partial charge is 0.350 e. The van der Waals surface area contributed by atoms with Gasteiger partial charge in [-0.1, -0.05) is 32.6 Å². The van der Waals surface area contributed by atoms with Crippen molar-refractivity contribution in [3.8, 4) is 0 Å². The smallest absolute Gasteiger partial charge is 0.332 e. The number of unbranched alkanes of at least 4 members (excludes halogenated alkanes) is 3. The average molecular weight is 225 g/mol. The fourth-order valence-electron chi connectivity index (χ4n) is 2.30. The lowest BCUT2D eigenvalue weighted by molar-refractivity contribution is 0.249. The van der Waals surface area contributed by atoms with Crippen molar-refractivity contribution in [3.63, 3.8) is 0 Å². The molecule has 92 valence electrons. The van der Waals surface area contributed by atoms with Crippen LogP contribution in [-0.4, -0.2) is 11.7 Å². The molecule has 0 bridgehead atoms. The Morgan fingerprint density at radius 2 is 2.31 bits per heavy atom. The highest BCUT2D eigenvalue weighted by Gasteiger charge is 2.22. The van der Waals surface area contributed by atoms with Crippen LogP contribution in [0.1, 0.15) is 58.3 Å². The third-order valence-corrected chi connectivity index (χ3v) is 3.17. The number of nitrogens with one attached hydrogen (secondary N) is 1. The zero-order valence-corrected chi connectivity index (χ0v) is 10.2. The minimum Gasteiger partial charge on any atom is -0.350 e. The van der Waals surface area contributed by atoms with Crippen molar-refractivity contribution in [3.05, 3.63) is 0 Å². The summed E-state index contributed by atoms with van der Waals surface area (Å²) in [6, 6.07) is -0.566. The summed E-state index contributed by atoms with van der Waals surface area (Å²) < 4.78 is 0. The summed E-state index contributed by atoms with van der Waals surface area (Å²) in [5, 5.41) is 4.10. The molecule has 1 rings (SSSR count). The number of carbonyl (C=O) groups is 1. The second kappa shape index (κ2) is 7.25. The second-order valence-electron chi connectivity index (χ2n) is 4.52. The maximum absolute atomic E-state index is 10.6. The predicted octanol–water partition coefficient (Wildman–Crippen LogP) is 2.78. The molecule has 0 aromatic carbocycles. The van der Waals surface area contributed by atoms with Crippen molar-refractivity contribution in [2.45, 2.75) is 58.3 Å². The molecule has 0 radical (unpaired) electrons. The molecular weight excluding hydrogens is 202 g/mol. The Hall–Kier alpha value is -1.06. The van der Waals surface area contributed by atoms with Gasteiger partial charge in [-0.15, -0.1) is 0 Å². The summed E-state index contributed by atoms with van der Waals surface area (Å²) in [5.74, 6) is 0.573. The number of hydrogen-bond acceptors (Lipinski definition) is 2. The molecule has 2 amide bonds. The van der Waals surface area contributed by atoms with Crippen LogP contribution >= 0.6 is 0 Å². The molecule has 4 heteroatoms. The molecule has 0 aromatic heterocycles. The molecule has 1 aliphatic carbocycles. The van der Waals surface area contributed by atoms with Crippen LogP contribution in [0.4, 0.5) is 4.79 Å². The van der Waals surface area contributed by atoms with Gasteiger partial charge < -0.3 is 5.73 Å². The highest BCUT2D eigenvalue weighted by Crippen LogP contribution is 2.27. The van der Waals surface area contributed by atoms with Crippen LogP contribution < -0.4 is 11.2 Å². The number of hydrazone groups is 1. The van der Waals surface area contributed by atoms with E-state index >= 15 is 0 Å². The van der Waals surface area contributed by atoms with Crippen LogP contribution in [0.3, 0.4) is 0 Å². The van der Waals surface area contributed by atoms with Gasteiger partial charge in [-0.05, 0) is 31.6 Å². The first-order chi connectivity index (χ1) is 7.74. The highest BCUT2D eigenvalue weighted by atomic mass is 16.2. The zero-order valence-electron chi connectivity index (χ0n) is 10.2. The highest BCUT2D eigenvalue weighted by molar-refractivity contribution is 5.89. The van der Waals surface area contributed by atoms with Gasteiger partial charge in [0, 0.05) is 5.71 Å². The summed E-state index contributed by atoms with van der Waals surface area (Å²) in [6.45, 7) is 2.22. The Kier molecular flexibility index (Phi) is 5.90. The first-order valence-corrected chi connectivity index (χ1v) is 6.36. The Labute approximate surface area is 97.7 Å². The fraction of sp³-hybridized carbons (Fsp3) is 0.833. The summed E-state index contributed by atoms with van der Waals surface area (Å²) in [4.78, 5) is 10.6. The second-order valence-corrected chi connectivity index (χ2v) is 4.52. The topological polar surface area (TPSA) is 67.5 Å². The molecule has 16 heavy (non-hydrogen) atoms. The Balaban J connectivity index is 2.28. The molecule has 0 heterocycles. The molecule has 0 saturated heterocycles. The third-order valence-electron chi connectivity index (χ3n) is 3.17. The number of nitrogens with two attached hydrogens (primary N) is 1. The van der Waals surface area contributed by atoms with Crippen LogP contribution in [0.25, 0.3) is 0 Å². The van der Waals surface area contributed by atoms with Gasteiger partial charge >= 0.3 is 6.03 Å². The predicted molar refractivity (Wildman–Crippen MR) is 66.3 cm³/mol. The van der Waals surface area contributed by atoms with E-state index in [9.17, 15) is 4.79 Å². The molecule has 3 N–H and O–H groups in total. The normalized spacial score (nSPS) is 22.6. The molecule has 1 aliphatic rings. The molecule has 1 atom stereocenters. The van der Waals surface area contributed by atoms with Gasteiger partial charge in [0.15, 0.2) is 0 Å². The summed E-state index contributed by atoms with van der Waals surface area (Å²) in [6.07, 6.45) is 9.80. The van der Waals surface area contributed by atoms with Gasteiger partial charge in [0.05, 0.1) is 0 Å². The number of carbonyl (C=O) groups excluding carboxylic acids is 1. The van der Waals surface area contributed by atoms with Crippen LogP contribution in [0, 0.1) is 5.92 Å². The lowest BCUT2D eigenvalue weighted by Gasteiger charge is -2.10. The monoisotopic (exact) mass is 225 g/mol. The molecular formula is C12H23N3O. The van der Waals surface area contributed by atoms with E-state index in [1.807, 2.05) is 0 Å². The Bertz CT molecular complexity index is 251. The van der Waals surface area contributed by atoms with E-state index in [1.54, 1.807) is 0 Å². The fourth-order valence-corrected chi connectivity index (χ4v) is 2.30. The van der Waals surface area contributed by atoms with Crippen molar-refractivity contribution in [1.29, 1.82) is 0 Å². The van der Waals surface area contributed by atoms with Crippen LogP contribution in [-0.2, 0) is 0 Å². The van der Waals surface area contributed by atoms with Crippen molar-refractivity contribution < 1.29 is 4.79 Å². The lowest BCUT2D eigenvalue weighted by atomic mass is 9.98. The minimum atomic E-state index is -0.566. The van der Waals surface area contributed by atoms with Gasteiger partial charge in [0.2, 0.25) is 0 Å².